The molecule has 1 aliphatic rings. The van der Waals surface area contributed by atoms with Crippen LogP contribution in [-0.4, -0.2) is 53.9 Å². The van der Waals surface area contributed by atoms with Gasteiger partial charge in [-0.05, 0) is 30.7 Å². The number of carbonyl (C=O) groups excluding carboxylic acids is 2. The predicted molar refractivity (Wildman–Crippen MR) is 108 cm³/mol. The molecule has 2 heterocycles. The minimum atomic E-state index is -0.533. The molecule has 0 bridgehead atoms. The summed E-state index contributed by atoms with van der Waals surface area (Å²) in [5, 5.41) is 2.77. The summed E-state index contributed by atoms with van der Waals surface area (Å²) in [6, 6.07) is 13.1. The van der Waals surface area contributed by atoms with Crippen molar-refractivity contribution in [3.8, 4) is 0 Å². The Kier molecular flexibility index (Phi) is 6.92. The van der Waals surface area contributed by atoms with Gasteiger partial charge in [0, 0.05) is 24.0 Å². The van der Waals surface area contributed by atoms with Crippen LogP contribution in [0.2, 0.25) is 0 Å². The third kappa shape index (κ3) is 5.76. The van der Waals surface area contributed by atoms with Crippen LogP contribution in [0.4, 0.5) is 0 Å². The number of benzene rings is 1. The van der Waals surface area contributed by atoms with Gasteiger partial charge in [-0.25, -0.2) is 0 Å². The molecule has 0 saturated carbocycles. The van der Waals surface area contributed by atoms with Crippen LogP contribution in [0.3, 0.4) is 0 Å². The first-order chi connectivity index (χ1) is 13.6. The molecular weight excluding hydrogens is 352 g/mol. The summed E-state index contributed by atoms with van der Waals surface area (Å²) >= 11 is 0. The molecule has 1 aromatic carbocycles. The van der Waals surface area contributed by atoms with Crippen LogP contribution >= 0.6 is 0 Å². The van der Waals surface area contributed by atoms with E-state index < -0.39 is 6.04 Å². The lowest BCUT2D eigenvalue weighted by Crippen LogP contribution is -3.13. The molecule has 6 heteroatoms. The van der Waals surface area contributed by atoms with Crippen molar-refractivity contribution in [1.29, 1.82) is 0 Å². The molecule has 2 aromatic rings. The van der Waals surface area contributed by atoms with Gasteiger partial charge in [-0.15, -0.1) is 0 Å². The van der Waals surface area contributed by atoms with E-state index in [-0.39, 0.29) is 11.8 Å². The molecule has 1 aliphatic heterocycles. The summed E-state index contributed by atoms with van der Waals surface area (Å²) in [5.41, 5.74) is 2.21. The predicted octanol–water partition coefficient (Wildman–Crippen LogP) is 0.527. The van der Waals surface area contributed by atoms with Gasteiger partial charge >= 0.3 is 0 Å². The quantitative estimate of drug-likeness (QED) is 0.720. The van der Waals surface area contributed by atoms with Crippen molar-refractivity contribution in [3.63, 3.8) is 0 Å². The van der Waals surface area contributed by atoms with Crippen molar-refractivity contribution in [1.82, 2.24) is 15.2 Å². The fourth-order valence-corrected chi connectivity index (χ4v) is 3.34. The monoisotopic (exact) mass is 379 g/mol. The van der Waals surface area contributed by atoms with Gasteiger partial charge in [-0.2, -0.15) is 0 Å². The zero-order valence-electron chi connectivity index (χ0n) is 16.2. The van der Waals surface area contributed by atoms with Crippen LogP contribution in [0, 0.1) is 0 Å². The lowest BCUT2D eigenvalue weighted by Gasteiger charge is -2.33. The first-order valence-corrected chi connectivity index (χ1v) is 9.67. The van der Waals surface area contributed by atoms with Gasteiger partial charge in [0.2, 0.25) is 11.8 Å². The fraction of sp³-hybridized carbons (Fsp3) is 0.318. The highest BCUT2D eigenvalue weighted by Crippen LogP contribution is 2.02. The average Bonchev–Trinajstić information content (AvgIpc) is 2.74. The molecule has 6 nitrogen and oxygen atoms in total. The van der Waals surface area contributed by atoms with E-state index in [1.54, 1.807) is 13.0 Å². The number of nitrogens with zero attached hydrogens (tertiary/aromatic N) is 2. The SMILES string of the molecule is C[C@H](NC(=O)/C=C/c1ccccc1)C(=O)N1CC[NH+](Cc2ccncc2)CC1. The zero-order chi connectivity index (χ0) is 19.8. The molecule has 2 amide bonds. The summed E-state index contributed by atoms with van der Waals surface area (Å²) in [7, 11) is 0. The van der Waals surface area contributed by atoms with Gasteiger partial charge in [0.1, 0.15) is 12.6 Å². The minimum absolute atomic E-state index is 0.0237. The number of hydrogen-bond acceptors (Lipinski definition) is 3. The zero-order valence-corrected chi connectivity index (χ0v) is 16.2. The molecule has 3 rings (SSSR count). The smallest absolute Gasteiger partial charge is 0.245 e. The molecule has 1 fully saturated rings. The maximum atomic E-state index is 12.6. The number of hydrogen-bond donors (Lipinski definition) is 2. The normalized spacial score (nSPS) is 16.1. The van der Waals surface area contributed by atoms with Gasteiger partial charge < -0.3 is 15.1 Å². The first kappa shape index (κ1) is 19.8. The van der Waals surface area contributed by atoms with E-state index >= 15 is 0 Å². The fourth-order valence-electron chi connectivity index (χ4n) is 3.34. The first-order valence-electron chi connectivity index (χ1n) is 9.67. The van der Waals surface area contributed by atoms with Crippen molar-refractivity contribution >= 4 is 17.9 Å². The molecule has 0 aliphatic carbocycles. The van der Waals surface area contributed by atoms with Gasteiger partial charge in [-0.3, -0.25) is 14.6 Å². The van der Waals surface area contributed by atoms with Gasteiger partial charge in [-0.1, -0.05) is 30.3 Å². The van der Waals surface area contributed by atoms with Gasteiger partial charge in [0.15, 0.2) is 0 Å². The summed E-state index contributed by atoms with van der Waals surface area (Å²) in [4.78, 5) is 32.1. The van der Waals surface area contributed by atoms with E-state index in [2.05, 4.69) is 10.3 Å². The molecule has 0 unspecified atom stereocenters. The second-order valence-electron chi connectivity index (χ2n) is 7.08. The standard InChI is InChI=1S/C22H26N4O2/c1-18(24-21(27)8-7-19-5-3-2-4-6-19)22(28)26-15-13-25(14-16-26)17-20-9-11-23-12-10-20/h2-12,18H,13-17H2,1H3,(H,24,27)/p+1/b8-7+/t18-/m0/s1. The van der Waals surface area contributed by atoms with Crippen molar-refractivity contribution in [2.45, 2.75) is 19.5 Å². The van der Waals surface area contributed by atoms with E-state index in [1.807, 2.05) is 59.8 Å². The van der Waals surface area contributed by atoms with Crippen molar-refractivity contribution in [2.75, 3.05) is 26.2 Å². The number of rotatable bonds is 6. The highest BCUT2D eigenvalue weighted by Gasteiger charge is 2.27. The Hall–Kier alpha value is -2.99. The second kappa shape index (κ2) is 9.80. The van der Waals surface area contributed by atoms with Crippen molar-refractivity contribution < 1.29 is 14.5 Å². The summed E-state index contributed by atoms with van der Waals surface area (Å²) < 4.78 is 0. The Morgan fingerprint density at radius 1 is 1.14 bits per heavy atom. The van der Waals surface area contributed by atoms with E-state index in [0.717, 1.165) is 25.2 Å². The summed E-state index contributed by atoms with van der Waals surface area (Å²) in [6.07, 6.45) is 6.83. The Balaban J connectivity index is 1.44. The Morgan fingerprint density at radius 3 is 2.50 bits per heavy atom. The van der Waals surface area contributed by atoms with E-state index in [9.17, 15) is 9.59 Å². The Bertz CT molecular complexity index is 800. The Labute approximate surface area is 165 Å². The highest BCUT2D eigenvalue weighted by molar-refractivity contribution is 5.95. The van der Waals surface area contributed by atoms with Crippen LogP contribution in [0.1, 0.15) is 18.1 Å². The highest BCUT2D eigenvalue weighted by atomic mass is 16.2. The van der Waals surface area contributed by atoms with E-state index in [4.69, 9.17) is 0 Å². The Morgan fingerprint density at radius 2 is 1.82 bits per heavy atom. The number of nitrogens with one attached hydrogen (secondary N) is 2. The largest absolute Gasteiger partial charge is 0.341 e. The van der Waals surface area contributed by atoms with Crippen LogP contribution in [0.15, 0.2) is 60.9 Å². The third-order valence-corrected chi connectivity index (χ3v) is 4.94. The maximum absolute atomic E-state index is 12.6. The molecule has 146 valence electrons. The number of quaternary nitrogens is 1. The lowest BCUT2D eigenvalue weighted by molar-refractivity contribution is -0.917. The molecule has 1 saturated heterocycles. The molecule has 0 spiro atoms. The molecule has 1 aromatic heterocycles. The lowest BCUT2D eigenvalue weighted by atomic mass is 10.2. The van der Waals surface area contributed by atoms with E-state index in [1.165, 1.54) is 16.5 Å². The van der Waals surface area contributed by atoms with Crippen LogP contribution in [0.25, 0.3) is 6.08 Å². The van der Waals surface area contributed by atoms with Crippen LogP contribution < -0.4 is 10.2 Å². The number of aromatic nitrogens is 1. The average molecular weight is 379 g/mol. The van der Waals surface area contributed by atoms with Gasteiger partial charge in [0.05, 0.1) is 26.2 Å². The van der Waals surface area contributed by atoms with Crippen molar-refractivity contribution in [3.05, 3.63) is 72.1 Å². The summed E-state index contributed by atoms with van der Waals surface area (Å²) in [5.74, 6) is -0.281. The maximum Gasteiger partial charge on any atom is 0.245 e. The third-order valence-electron chi connectivity index (χ3n) is 4.94. The second-order valence-corrected chi connectivity index (χ2v) is 7.08. The number of amides is 2. The molecule has 28 heavy (non-hydrogen) atoms. The van der Waals surface area contributed by atoms with E-state index in [0.29, 0.717) is 13.1 Å². The van der Waals surface area contributed by atoms with Crippen molar-refractivity contribution in [2.24, 2.45) is 0 Å². The minimum Gasteiger partial charge on any atom is -0.341 e. The molecule has 2 N–H and O–H groups in total. The van der Waals surface area contributed by atoms with Gasteiger partial charge in [0.25, 0.3) is 0 Å². The molecule has 0 radical (unpaired) electrons. The summed E-state index contributed by atoms with van der Waals surface area (Å²) in [6.45, 7) is 5.91. The van der Waals surface area contributed by atoms with Crippen LogP contribution in [-0.2, 0) is 16.1 Å². The molecular formula is C22H27N4O2+. The number of pyridine rings is 1. The topological polar surface area (TPSA) is 66.7 Å². The van der Waals surface area contributed by atoms with Crippen LogP contribution in [0.5, 0.6) is 0 Å². The number of piperazine rings is 1. The number of carbonyl (C=O) groups is 2. The molecule has 1 atom stereocenters.